The molecule has 2 aromatic carbocycles. The van der Waals surface area contributed by atoms with Crippen LogP contribution < -0.4 is 14.8 Å². The van der Waals surface area contributed by atoms with E-state index in [-0.39, 0.29) is 21.5 Å². The standard InChI is InChI=1S/C18H21ClN2O4S/c1-11(2)21-26(23,24)13-6-7-15(19)14(10-13)18(22)20-16-9-12(3)5-8-17(16)25-4/h5-11,21H,1-4H3,(H,20,22). The van der Waals surface area contributed by atoms with Crippen LogP contribution in [0.4, 0.5) is 5.69 Å². The highest BCUT2D eigenvalue weighted by atomic mass is 35.5. The van der Waals surface area contributed by atoms with Crippen molar-refractivity contribution >= 4 is 33.2 Å². The van der Waals surface area contributed by atoms with Crippen LogP contribution >= 0.6 is 11.6 Å². The van der Waals surface area contributed by atoms with Crippen LogP contribution in [0.1, 0.15) is 29.8 Å². The van der Waals surface area contributed by atoms with Gasteiger partial charge in [0.2, 0.25) is 10.0 Å². The summed E-state index contributed by atoms with van der Waals surface area (Å²) in [5.74, 6) is -0.0363. The smallest absolute Gasteiger partial charge is 0.257 e. The van der Waals surface area contributed by atoms with Gasteiger partial charge in [-0.05, 0) is 56.7 Å². The molecule has 8 heteroatoms. The Morgan fingerprint density at radius 1 is 1.15 bits per heavy atom. The molecule has 26 heavy (non-hydrogen) atoms. The van der Waals surface area contributed by atoms with E-state index in [4.69, 9.17) is 16.3 Å². The highest BCUT2D eigenvalue weighted by molar-refractivity contribution is 7.89. The Balaban J connectivity index is 2.38. The second-order valence-corrected chi connectivity index (χ2v) is 8.20. The Morgan fingerprint density at radius 2 is 1.85 bits per heavy atom. The summed E-state index contributed by atoms with van der Waals surface area (Å²) >= 11 is 6.11. The normalized spacial score (nSPS) is 11.5. The van der Waals surface area contributed by atoms with E-state index in [0.29, 0.717) is 11.4 Å². The van der Waals surface area contributed by atoms with Gasteiger partial charge in [-0.1, -0.05) is 17.7 Å². The average Bonchev–Trinajstić information content (AvgIpc) is 2.54. The fourth-order valence-electron chi connectivity index (χ4n) is 2.33. The summed E-state index contributed by atoms with van der Waals surface area (Å²) in [7, 11) is -2.24. The van der Waals surface area contributed by atoms with Gasteiger partial charge in [0.05, 0.1) is 28.3 Å². The second kappa shape index (κ2) is 8.07. The number of halogens is 1. The van der Waals surface area contributed by atoms with Crippen LogP contribution in [-0.4, -0.2) is 27.5 Å². The third-order valence-corrected chi connectivity index (χ3v) is 5.47. The van der Waals surface area contributed by atoms with E-state index < -0.39 is 15.9 Å². The lowest BCUT2D eigenvalue weighted by atomic mass is 10.1. The van der Waals surface area contributed by atoms with Gasteiger partial charge in [-0.3, -0.25) is 4.79 Å². The van der Waals surface area contributed by atoms with Crippen LogP contribution in [-0.2, 0) is 10.0 Å². The number of methoxy groups -OCH3 is 1. The van der Waals surface area contributed by atoms with E-state index in [0.717, 1.165) is 5.56 Å². The lowest BCUT2D eigenvalue weighted by molar-refractivity contribution is 0.102. The molecule has 0 radical (unpaired) electrons. The maximum Gasteiger partial charge on any atom is 0.257 e. The largest absolute Gasteiger partial charge is 0.495 e. The molecule has 2 aromatic rings. The zero-order valence-electron chi connectivity index (χ0n) is 15.0. The first-order chi connectivity index (χ1) is 12.1. The van der Waals surface area contributed by atoms with Crippen molar-refractivity contribution in [3.63, 3.8) is 0 Å². The summed E-state index contributed by atoms with van der Waals surface area (Å²) in [6.45, 7) is 5.31. The minimum absolute atomic E-state index is 0.0306. The Morgan fingerprint density at radius 3 is 2.46 bits per heavy atom. The molecule has 0 aliphatic heterocycles. The van der Waals surface area contributed by atoms with Crippen molar-refractivity contribution in [2.75, 3.05) is 12.4 Å². The monoisotopic (exact) mass is 396 g/mol. The Bertz CT molecular complexity index is 927. The predicted molar refractivity (Wildman–Crippen MR) is 103 cm³/mol. The van der Waals surface area contributed by atoms with E-state index in [1.54, 1.807) is 26.0 Å². The molecule has 6 nitrogen and oxygen atoms in total. The number of hydrogen-bond acceptors (Lipinski definition) is 4. The van der Waals surface area contributed by atoms with E-state index in [9.17, 15) is 13.2 Å². The van der Waals surface area contributed by atoms with Gasteiger partial charge in [0.15, 0.2) is 0 Å². The number of ether oxygens (including phenoxy) is 1. The number of anilines is 1. The molecule has 0 aliphatic carbocycles. The van der Waals surface area contributed by atoms with Crippen LogP contribution in [0.5, 0.6) is 5.75 Å². The fraction of sp³-hybridized carbons (Fsp3) is 0.278. The fourth-order valence-corrected chi connectivity index (χ4v) is 3.81. The third-order valence-electron chi connectivity index (χ3n) is 3.49. The quantitative estimate of drug-likeness (QED) is 0.781. The van der Waals surface area contributed by atoms with Gasteiger partial charge in [-0.2, -0.15) is 0 Å². The molecular formula is C18H21ClN2O4S. The lowest BCUT2D eigenvalue weighted by Crippen LogP contribution is -2.30. The number of rotatable bonds is 6. The third kappa shape index (κ3) is 4.75. The van der Waals surface area contributed by atoms with Crippen LogP contribution in [0.3, 0.4) is 0 Å². The Labute approximate surface area is 158 Å². The first-order valence-electron chi connectivity index (χ1n) is 7.92. The van der Waals surface area contributed by atoms with Crippen molar-refractivity contribution in [1.29, 1.82) is 0 Å². The summed E-state index contributed by atoms with van der Waals surface area (Å²) in [4.78, 5) is 12.6. The van der Waals surface area contributed by atoms with Gasteiger partial charge in [0.1, 0.15) is 5.75 Å². The number of carbonyl (C=O) groups excluding carboxylic acids is 1. The number of benzene rings is 2. The molecule has 0 aromatic heterocycles. The number of nitrogens with one attached hydrogen (secondary N) is 2. The van der Waals surface area contributed by atoms with Crippen molar-refractivity contribution in [2.24, 2.45) is 0 Å². The number of carbonyl (C=O) groups is 1. The van der Waals surface area contributed by atoms with Crippen molar-refractivity contribution in [2.45, 2.75) is 31.7 Å². The zero-order chi connectivity index (χ0) is 19.5. The molecule has 0 atom stereocenters. The number of aryl methyl sites for hydroxylation is 1. The van der Waals surface area contributed by atoms with Crippen LogP contribution in [0.2, 0.25) is 5.02 Å². The first-order valence-corrected chi connectivity index (χ1v) is 9.78. The lowest BCUT2D eigenvalue weighted by Gasteiger charge is -2.13. The summed E-state index contributed by atoms with van der Waals surface area (Å²) in [5, 5.41) is 2.87. The molecule has 0 saturated carbocycles. The Kier molecular flexibility index (Phi) is 6.28. The molecular weight excluding hydrogens is 376 g/mol. The van der Waals surface area contributed by atoms with E-state index in [2.05, 4.69) is 10.0 Å². The summed E-state index contributed by atoms with van der Waals surface area (Å²) < 4.78 is 32.4. The van der Waals surface area contributed by atoms with Gasteiger partial charge >= 0.3 is 0 Å². The number of amides is 1. The van der Waals surface area contributed by atoms with Gasteiger partial charge < -0.3 is 10.1 Å². The van der Waals surface area contributed by atoms with Crippen LogP contribution in [0, 0.1) is 6.92 Å². The number of hydrogen-bond donors (Lipinski definition) is 2. The van der Waals surface area contributed by atoms with Crippen molar-refractivity contribution in [1.82, 2.24) is 4.72 Å². The van der Waals surface area contributed by atoms with Gasteiger partial charge in [-0.25, -0.2) is 13.1 Å². The molecule has 2 rings (SSSR count). The molecule has 0 spiro atoms. The zero-order valence-corrected chi connectivity index (χ0v) is 16.5. The molecule has 2 N–H and O–H groups in total. The van der Waals surface area contributed by atoms with Crippen LogP contribution in [0.15, 0.2) is 41.3 Å². The van der Waals surface area contributed by atoms with E-state index >= 15 is 0 Å². The molecule has 0 fully saturated rings. The Hall–Kier alpha value is -2.09. The van der Waals surface area contributed by atoms with Crippen LogP contribution in [0.25, 0.3) is 0 Å². The minimum atomic E-state index is -3.74. The minimum Gasteiger partial charge on any atom is -0.495 e. The maximum atomic E-state index is 12.6. The summed E-state index contributed by atoms with van der Waals surface area (Å²) in [6, 6.07) is 9.07. The molecule has 0 heterocycles. The summed E-state index contributed by atoms with van der Waals surface area (Å²) in [5.41, 5.74) is 1.47. The van der Waals surface area contributed by atoms with Gasteiger partial charge in [-0.15, -0.1) is 0 Å². The molecule has 0 aliphatic rings. The topological polar surface area (TPSA) is 84.5 Å². The van der Waals surface area contributed by atoms with Gasteiger partial charge in [0, 0.05) is 6.04 Å². The predicted octanol–water partition coefficient (Wildman–Crippen LogP) is 3.60. The second-order valence-electron chi connectivity index (χ2n) is 6.08. The summed E-state index contributed by atoms with van der Waals surface area (Å²) in [6.07, 6.45) is 0. The average molecular weight is 397 g/mol. The number of sulfonamides is 1. The van der Waals surface area contributed by atoms with E-state index in [1.165, 1.54) is 25.3 Å². The SMILES string of the molecule is COc1ccc(C)cc1NC(=O)c1cc(S(=O)(=O)NC(C)C)ccc1Cl. The van der Waals surface area contributed by atoms with E-state index in [1.807, 2.05) is 13.0 Å². The maximum absolute atomic E-state index is 12.6. The highest BCUT2D eigenvalue weighted by Gasteiger charge is 2.20. The molecule has 140 valence electrons. The van der Waals surface area contributed by atoms with Gasteiger partial charge in [0.25, 0.3) is 5.91 Å². The van der Waals surface area contributed by atoms with Crippen molar-refractivity contribution < 1.29 is 17.9 Å². The molecule has 0 saturated heterocycles. The molecule has 0 bridgehead atoms. The highest BCUT2D eigenvalue weighted by Crippen LogP contribution is 2.27. The van der Waals surface area contributed by atoms with Crippen molar-refractivity contribution in [3.8, 4) is 5.75 Å². The first kappa shape index (κ1) is 20.2. The van der Waals surface area contributed by atoms with Crippen molar-refractivity contribution in [3.05, 3.63) is 52.5 Å². The molecule has 0 unspecified atom stereocenters. The molecule has 1 amide bonds.